The Morgan fingerprint density at radius 2 is 1.83 bits per heavy atom. The Balaban J connectivity index is 1.57. The molecule has 2 N–H and O–H groups in total. The molecule has 1 aromatic heterocycles. The molecule has 2 amide bonds. The number of rotatable bonds is 6. The van der Waals surface area contributed by atoms with Crippen molar-refractivity contribution in [2.75, 3.05) is 10.6 Å². The smallest absolute Gasteiger partial charge is 0.237 e. The van der Waals surface area contributed by atoms with E-state index in [-0.39, 0.29) is 17.1 Å². The summed E-state index contributed by atoms with van der Waals surface area (Å²) < 4.78 is 1.79. The maximum Gasteiger partial charge on any atom is 0.237 e. The van der Waals surface area contributed by atoms with Crippen molar-refractivity contribution >= 4 is 35.0 Å². The van der Waals surface area contributed by atoms with Crippen LogP contribution >= 0.6 is 11.8 Å². The summed E-state index contributed by atoms with van der Waals surface area (Å²) in [5.41, 5.74) is 1.36. The molecule has 126 valence electrons. The molecule has 1 aliphatic rings. The molecule has 2 aromatic rings. The Labute approximate surface area is 143 Å². The first kappa shape index (κ1) is 16.4. The van der Waals surface area contributed by atoms with E-state index in [1.807, 2.05) is 6.92 Å². The van der Waals surface area contributed by atoms with Crippen LogP contribution in [0.3, 0.4) is 0 Å². The van der Waals surface area contributed by atoms with E-state index in [1.165, 1.54) is 18.7 Å². The highest BCUT2D eigenvalue weighted by Gasteiger charge is 2.29. The van der Waals surface area contributed by atoms with Crippen molar-refractivity contribution in [1.29, 1.82) is 0 Å². The fraction of sp³-hybridized carbons (Fsp3) is 0.400. The van der Waals surface area contributed by atoms with Crippen molar-refractivity contribution in [2.24, 2.45) is 0 Å². The van der Waals surface area contributed by atoms with Gasteiger partial charge in [-0.2, -0.15) is 0 Å². The molecule has 0 radical (unpaired) electrons. The zero-order valence-corrected chi connectivity index (χ0v) is 14.2. The summed E-state index contributed by atoms with van der Waals surface area (Å²) in [5, 5.41) is 17.5. The van der Waals surface area contributed by atoms with Crippen molar-refractivity contribution in [2.45, 2.75) is 43.1 Å². The Morgan fingerprint density at radius 3 is 2.42 bits per heavy atom. The number of carbonyl (C=O) groups excluding carboxylic acids is 2. The Kier molecular flexibility index (Phi) is 4.79. The molecule has 1 atom stereocenters. The van der Waals surface area contributed by atoms with Gasteiger partial charge in [0.2, 0.25) is 17.0 Å². The molecule has 0 bridgehead atoms. The molecule has 9 heteroatoms. The Hall–Kier alpha value is -2.42. The van der Waals surface area contributed by atoms with Gasteiger partial charge in [-0.1, -0.05) is 11.8 Å². The topological polar surface area (TPSA) is 102 Å². The lowest BCUT2D eigenvalue weighted by Gasteiger charge is -2.12. The third-order valence-electron chi connectivity index (χ3n) is 3.48. The monoisotopic (exact) mass is 346 g/mol. The average Bonchev–Trinajstić information content (AvgIpc) is 3.28. The normalized spacial score (nSPS) is 14.9. The quantitative estimate of drug-likeness (QED) is 0.777. The molecule has 1 aliphatic carbocycles. The van der Waals surface area contributed by atoms with Gasteiger partial charge in [0.25, 0.3) is 0 Å². The minimum absolute atomic E-state index is 0.127. The number of hydrogen-bond acceptors (Lipinski definition) is 6. The van der Waals surface area contributed by atoms with E-state index < -0.39 is 0 Å². The number of nitrogens with zero attached hydrogens (tertiary/aromatic N) is 4. The number of benzene rings is 1. The van der Waals surface area contributed by atoms with Crippen LogP contribution in [0.4, 0.5) is 11.4 Å². The summed E-state index contributed by atoms with van der Waals surface area (Å²) in [5.74, 6) is -0.261. The van der Waals surface area contributed by atoms with Gasteiger partial charge in [-0.15, -0.1) is 5.10 Å². The molecule has 0 unspecified atom stereocenters. The minimum Gasteiger partial charge on any atom is -0.326 e. The highest BCUT2D eigenvalue weighted by Crippen LogP contribution is 2.37. The third kappa shape index (κ3) is 4.10. The molecule has 0 saturated heterocycles. The molecule has 1 aromatic carbocycles. The van der Waals surface area contributed by atoms with Gasteiger partial charge >= 0.3 is 0 Å². The molecular formula is C15H18N6O2S. The average molecular weight is 346 g/mol. The molecule has 1 fully saturated rings. The van der Waals surface area contributed by atoms with E-state index >= 15 is 0 Å². The Bertz CT molecular complexity index is 741. The highest BCUT2D eigenvalue weighted by molar-refractivity contribution is 8.00. The molecule has 0 aliphatic heterocycles. The minimum atomic E-state index is -0.330. The largest absolute Gasteiger partial charge is 0.326 e. The zero-order valence-electron chi connectivity index (χ0n) is 13.4. The van der Waals surface area contributed by atoms with E-state index in [1.54, 1.807) is 28.9 Å². The van der Waals surface area contributed by atoms with Crippen molar-refractivity contribution in [1.82, 2.24) is 20.2 Å². The van der Waals surface area contributed by atoms with Crippen molar-refractivity contribution in [3.05, 3.63) is 24.3 Å². The highest BCUT2D eigenvalue weighted by atomic mass is 32.2. The number of tetrazole rings is 1. The summed E-state index contributed by atoms with van der Waals surface area (Å²) in [4.78, 5) is 23.3. The standard InChI is InChI=1S/C15H18N6O2S/c1-9(24-15-18-19-20-21(15)13-7-8-13)14(23)17-12-5-3-11(4-6-12)16-10(2)22/h3-6,9,13H,7-8H2,1-2H3,(H,16,22)(H,17,23)/t9-/m1/s1. The fourth-order valence-corrected chi connectivity index (χ4v) is 2.97. The van der Waals surface area contributed by atoms with E-state index in [0.29, 0.717) is 22.6 Å². The lowest BCUT2D eigenvalue weighted by molar-refractivity contribution is -0.115. The first-order valence-corrected chi connectivity index (χ1v) is 8.54. The molecule has 8 nitrogen and oxygen atoms in total. The van der Waals surface area contributed by atoms with Crippen LogP contribution in [0.5, 0.6) is 0 Å². The number of amides is 2. The van der Waals surface area contributed by atoms with Crippen molar-refractivity contribution < 1.29 is 9.59 Å². The van der Waals surface area contributed by atoms with Crippen LogP contribution in [-0.4, -0.2) is 37.3 Å². The summed E-state index contributed by atoms with van der Waals surface area (Å²) in [6, 6.07) is 7.34. The fourth-order valence-electron chi connectivity index (χ4n) is 2.11. The van der Waals surface area contributed by atoms with Gasteiger partial charge in [-0.05, 0) is 54.5 Å². The number of carbonyl (C=O) groups is 2. The van der Waals surface area contributed by atoms with Gasteiger partial charge in [0.05, 0.1) is 11.3 Å². The van der Waals surface area contributed by atoms with E-state index in [4.69, 9.17) is 0 Å². The second kappa shape index (κ2) is 7.00. The second-order valence-electron chi connectivity index (χ2n) is 5.65. The van der Waals surface area contributed by atoms with Gasteiger partial charge < -0.3 is 10.6 Å². The maximum atomic E-state index is 12.3. The Morgan fingerprint density at radius 1 is 1.21 bits per heavy atom. The number of hydrogen-bond donors (Lipinski definition) is 2. The van der Waals surface area contributed by atoms with Crippen LogP contribution in [-0.2, 0) is 9.59 Å². The number of nitrogens with one attached hydrogen (secondary N) is 2. The lowest BCUT2D eigenvalue weighted by atomic mass is 10.2. The van der Waals surface area contributed by atoms with Crippen LogP contribution in [0.25, 0.3) is 0 Å². The van der Waals surface area contributed by atoms with Gasteiger partial charge in [-0.3, -0.25) is 9.59 Å². The molecular weight excluding hydrogens is 328 g/mol. The summed E-state index contributed by atoms with van der Waals surface area (Å²) in [7, 11) is 0. The summed E-state index contributed by atoms with van der Waals surface area (Å²) >= 11 is 1.34. The molecule has 0 spiro atoms. The number of thioether (sulfide) groups is 1. The SMILES string of the molecule is CC(=O)Nc1ccc(NC(=O)[C@@H](C)Sc2nnnn2C2CC2)cc1. The van der Waals surface area contributed by atoms with Crippen LogP contribution < -0.4 is 10.6 Å². The predicted octanol–water partition coefficient (Wildman–Crippen LogP) is 2.09. The van der Waals surface area contributed by atoms with E-state index in [9.17, 15) is 9.59 Å². The first-order valence-electron chi connectivity index (χ1n) is 7.66. The molecule has 1 saturated carbocycles. The maximum absolute atomic E-state index is 12.3. The molecule has 3 rings (SSSR count). The third-order valence-corrected chi connectivity index (χ3v) is 4.53. The predicted molar refractivity (Wildman–Crippen MR) is 90.8 cm³/mol. The van der Waals surface area contributed by atoms with Crippen LogP contribution in [0.1, 0.15) is 32.7 Å². The van der Waals surface area contributed by atoms with Crippen molar-refractivity contribution in [3.63, 3.8) is 0 Å². The van der Waals surface area contributed by atoms with Gasteiger partial charge in [0, 0.05) is 18.3 Å². The van der Waals surface area contributed by atoms with E-state index in [0.717, 1.165) is 12.8 Å². The van der Waals surface area contributed by atoms with Gasteiger partial charge in [0.1, 0.15) is 0 Å². The second-order valence-corrected chi connectivity index (χ2v) is 6.95. The van der Waals surface area contributed by atoms with Crippen LogP contribution in [0.15, 0.2) is 29.4 Å². The summed E-state index contributed by atoms with van der Waals surface area (Å²) in [6.07, 6.45) is 2.17. The van der Waals surface area contributed by atoms with Crippen molar-refractivity contribution in [3.8, 4) is 0 Å². The molecule has 1 heterocycles. The first-order chi connectivity index (χ1) is 11.5. The van der Waals surface area contributed by atoms with Gasteiger partial charge in [0.15, 0.2) is 0 Å². The lowest BCUT2D eigenvalue weighted by Crippen LogP contribution is -2.23. The van der Waals surface area contributed by atoms with Gasteiger partial charge in [-0.25, -0.2) is 4.68 Å². The van der Waals surface area contributed by atoms with E-state index in [2.05, 4.69) is 26.2 Å². The number of aromatic nitrogens is 4. The number of anilines is 2. The summed E-state index contributed by atoms with van der Waals surface area (Å²) in [6.45, 7) is 3.27. The van der Waals surface area contributed by atoms with Crippen LogP contribution in [0, 0.1) is 0 Å². The zero-order chi connectivity index (χ0) is 17.1. The van der Waals surface area contributed by atoms with Crippen LogP contribution in [0.2, 0.25) is 0 Å². The molecule has 24 heavy (non-hydrogen) atoms.